The van der Waals surface area contributed by atoms with Crippen LogP contribution < -0.4 is 0 Å². The fourth-order valence-electron chi connectivity index (χ4n) is 2.75. The first-order valence-electron chi connectivity index (χ1n) is 7.36. The lowest BCUT2D eigenvalue weighted by Gasteiger charge is -2.26. The minimum Gasteiger partial charge on any atom is -0.465 e. The van der Waals surface area contributed by atoms with Gasteiger partial charge in [-0.05, 0) is 28.1 Å². The summed E-state index contributed by atoms with van der Waals surface area (Å²) in [4.78, 5) is 14.1. The first-order chi connectivity index (χ1) is 10.7. The molecule has 1 saturated heterocycles. The van der Waals surface area contributed by atoms with Crippen molar-refractivity contribution in [2.75, 3.05) is 40.0 Å². The van der Waals surface area contributed by atoms with Gasteiger partial charge in [-0.3, -0.25) is 4.90 Å². The molecular weight excluding hydrogens is 348 g/mol. The number of morpholine rings is 1. The molecule has 1 fully saturated rings. The van der Waals surface area contributed by atoms with Gasteiger partial charge in [-0.25, -0.2) is 4.79 Å². The zero-order valence-corrected chi connectivity index (χ0v) is 14.1. The molecule has 0 bridgehead atoms. The maximum Gasteiger partial charge on any atom is 0.337 e. The second-order valence-corrected chi connectivity index (χ2v) is 6.20. The Bertz CT molecular complexity index is 677. The highest BCUT2D eigenvalue weighted by Gasteiger charge is 2.14. The van der Waals surface area contributed by atoms with Gasteiger partial charge in [0, 0.05) is 42.2 Å². The lowest BCUT2D eigenvalue weighted by Crippen LogP contribution is -2.38. The zero-order chi connectivity index (χ0) is 15.5. The summed E-state index contributed by atoms with van der Waals surface area (Å²) in [5.41, 5.74) is 1.62. The van der Waals surface area contributed by atoms with Crippen LogP contribution in [0.4, 0.5) is 0 Å². The van der Waals surface area contributed by atoms with Gasteiger partial charge in [0.1, 0.15) is 0 Å². The number of hydrogen-bond acceptors (Lipinski definition) is 4. The van der Waals surface area contributed by atoms with Gasteiger partial charge in [-0.2, -0.15) is 0 Å². The predicted molar refractivity (Wildman–Crippen MR) is 88.2 cm³/mol. The topological polar surface area (TPSA) is 43.7 Å². The Morgan fingerprint density at radius 2 is 2.09 bits per heavy atom. The molecule has 1 aromatic heterocycles. The Hall–Kier alpha value is -1.37. The van der Waals surface area contributed by atoms with Crippen LogP contribution in [0, 0.1) is 0 Å². The first kappa shape index (κ1) is 15.5. The van der Waals surface area contributed by atoms with Crippen LogP contribution in [-0.2, 0) is 16.0 Å². The number of halogens is 1. The van der Waals surface area contributed by atoms with Crippen LogP contribution in [0.2, 0.25) is 0 Å². The second-order valence-electron chi connectivity index (χ2n) is 5.35. The van der Waals surface area contributed by atoms with Crippen molar-refractivity contribution in [2.24, 2.45) is 0 Å². The molecule has 2 aromatic rings. The molecule has 22 heavy (non-hydrogen) atoms. The number of nitrogens with zero attached hydrogens (tertiary/aromatic N) is 2. The van der Waals surface area contributed by atoms with Crippen molar-refractivity contribution < 1.29 is 14.3 Å². The number of methoxy groups -OCH3 is 1. The Balaban J connectivity index is 1.83. The highest BCUT2D eigenvalue weighted by Crippen LogP contribution is 2.27. The van der Waals surface area contributed by atoms with E-state index in [0.717, 1.165) is 54.8 Å². The summed E-state index contributed by atoms with van der Waals surface area (Å²) >= 11 is 3.59. The summed E-state index contributed by atoms with van der Waals surface area (Å²) in [6.07, 6.45) is 2.08. The fraction of sp³-hybridized carbons (Fsp3) is 0.438. The summed E-state index contributed by atoms with van der Waals surface area (Å²) < 4.78 is 13.4. The molecule has 6 heteroatoms. The van der Waals surface area contributed by atoms with Crippen molar-refractivity contribution in [1.82, 2.24) is 9.47 Å². The molecule has 1 aromatic carbocycles. The third-order valence-corrected chi connectivity index (χ3v) is 4.65. The summed E-state index contributed by atoms with van der Waals surface area (Å²) in [5.74, 6) is -0.307. The van der Waals surface area contributed by atoms with Gasteiger partial charge in [-0.15, -0.1) is 0 Å². The van der Waals surface area contributed by atoms with Crippen LogP contribution in [0.25, 0.3) is 10.9 Å². The van der Waals surface area contributed by atoms with E-state index in [2.05, 4.69) is 31.6 Å². The van der Waals surface area contributed by atoms with Gasteiger partial charge in [0.05, 0.1) is 31.4 Å². The molecule has 118 valence electrons. The lowest BCUT2D eigenvalue weighted by molar-refractivity contribution is 0.0365. The number of ether oxygens (including phenoxy) is 2. The van der Waals surface area contributed by atoms with E-state index in [0.29, 0.717) is 5.56 Å². The Morgan fingerprint density at radius 3 is 2.82 bits per heavy atom. The van der Waals surface area contributed by atoms with Crippen LogP contribution in [0.15, 0.2) is 28.9 Å². The third kappa shape index (κ3) is 3.19. The van der Waals surface area contributed by atoms with Crippen molar-refractivity contribution in [1.29, 1.82) is 0 Å². The Kier molecular flexibility index (Phi) is 4.81. The monoisotopic (exact) mass is 366 g/mol. The molecule has 0 amide bonds. The second kappa shape index (κ2) is 6.81. The van der Waals surface area contributed by atoms with E-state index >= 15 is 0 Å². The van der Waals surface area contributed by atoms with E-state index in [4.69, 9.17) is 9.47 Å². The SMILES string of the molecule is COC(=O)c1ccc2c(Br)cn(CCN3CCOCC3)c2c1. The summed E-state index contributed by atoms with van der Waals surface area (Å²) in [5, 5.41) is 1.11. The van der Waals surface area contributed by atoms with Gasteiger partial charge in [0.2, 0.25) is 0 Å². The number of rotatable bonds is 4. The normalized spacial score (nSPS) is 16.1. The van der Waals surface area contributed by atoms with Crippen molar-refractivity contribution >= 4 is 32.8 Å². The first-order valence-corrected chi connectivity index (χ1v) is 8.15. The van der Waals surface area contributed by atoms with Crippen molar-refractivity contribution in [3.05, 3.63) is 34.4 Å². The highest BCUT2D eigenvalue weighted by molar-refractivity contribution is 9.10. The average Bonchev–Trinajstić information content (AvgIpc) is 2.89. The van der Waals surface area contributed by atoms with Crippen LogP contribution in [0.5, 0.6) is 0 Å². The molecule has 0 saturated carbocycles. The largest absolute Gasteiger partial charge is 0.465 e. The molecule has 0 aliphatic carbocycles. The maximum atomic E-state index is 11.7. The number of carbonyl (C=O) groups excluding carboxylic acids is 1. The van der Waals surface area contributed by atoms with Crippen LogP contribution in [0.1, 0.15) is 10.4 Å². The highest BCUT2D eigenvalue weighted by atomic mass is 79.9. The average molecular weight is 367 g/mol. The number of fused-ring (bicyclic) bond motifs is 1. The summed E-state index contributed by atoms with van der Waals surface area (Å²) in [6.45, 7) is 5.43. The predicted octanol–water partition coefficient (Wildman–Crippen LogP) is 2.52. The Morgan fingerprint density at radius 1 is 1.32 bits per heavy atom. The minimum absolute atomic E-state index is 0.307. The number of esters is 1. The standard InChI is InChI=1S/C16H19BrN2O3/c1-21-16(20)12-2-3-13-14(17)11-19(15(13)10-12)5-4-18-6-8-22-9-7-18/h2-3,10-11H,4-9H2,1H3. The number of aromatic nitrogens is 1. The maximum absolute atomic E-state index is 11.7. The van der Waals surface area contributed by atoms with Gasteiger partial charge in [-0.1, -0.05) is 6.07 Å². The van der Waals surface area contributed by atoms with Crippen LogP contribution in [-0.4, -0.2) is 55.4 Å². The molecule has 0 radical (unpaired) electrons. The van der Waals surface area contributed by atoms with Crippen LogP contribution >= 0.6 is 15.9 Å². The molecule has 0 unspecified atom stereocenters. The summed E-state index contributed by atoms with van der Waals surface area (Å²) in [7, 11) is 1.40. The summed E-state index contributed by atoms with van der Waals surface area (Å²) in [6, 6.07) is 5.65. The number of benzene rings is 1. The van der Waals surface area contributed by atoms with Gasteiger partial charge in [0.25, 0.3) is 0 Å². The van der Waals surface area contributed by atoms with Gasteiger partial charge >= 0.3 is 5.97 Å². The van der Waals surface area contributed by atoms with E-state index in [9.17, 15) is 4.79 Å². The molecule has 1 aliphatic heterocycles. The molecule has 0 spiro atoms. The fourth-order valence-corrected chi connectivity index (χ4v) is 3.33. The van der Waals surface area contributed by atoms with E-state index < -0.39 is 0 Å². The zero-order valence-electron chi connectivity index (χ0n) is 12.5. The van der Waals surface area contributed by atoms with E-state index in [-0.39, 0.29) is 5.97 Å². The van der Waals surface area contributed by atoms with Crippen molar-refractivity contribution in [2.45, 2.75) is 6.54 Å². The number of hydrogen-bond donors (Lipinski definition) is 0. The molecule has 0 N–H and O–H groups in total. The van der Waals surface area contributed by atoms with E-state index in [1.165, 1.54) is 7.11 Å². The minimum atomic E-state index is -0.307. The third-order valence-electron chi connectivity index (χ3n) is 4.02. The van der Waals surface area contributed by atoms with Crippen molar-refractivity contribution in [3.8, 4) is 0 Å². The smallest absolute Gasteiger partial charge is 0.337 e. The van der Waals surface area contributed by atoms with E-state index in [1.807, 2.05) is 12.1 Å². The van der Waals surface area contributed by atoms with Gasteiger partial charge < -0.3 is 14.0 Å². The molecule has 1 aliphatic rings. The number of carbonyl (C=O) groups is 1. The van der Waals surface area contributed by atoms with E-state index in [1.54, 1.807) is 6.07 Å². The van der Waals surface area contributed by atoms with Gasteiger partial charge in [0.15, 0.2) is 0 Å². The molecular formula is C16H19BrN2O3. The lowest BCUT2D eigenvalue weighted by atomic mass is 10.1. The molecule has 2 heterocycles. The molecule has 5 nitrogen and oxygen atoms in total. The van der Waals surface area contributed by atoms with Crippen LogP contribution in [0.3, 0.4) is 0 Å². The molecule has 3 rings (SSSR count). The quantitative estimate of drug-likeness (QED) is 0.779. The Labute approximate surface area is 137 Å². The molecule has 0 atom stereocenters. The van der Waals surface area contributed by atoms with Crippen molar-refractivity contribution in [3.63, 3.8) is 0 Å².